The Balaban J connectivity index is 2.37. The summed E-state index contributed by atoms with van der Waals surface area (Å²) < 4.78 is 12.9. The minimum Gasteiger partial charge on any atom is -0.330 e. The lowest BCUT2D eigenvalue weighted by molar-refractivity contribution is -0.118. The number of hydrogen-bond donors (Lipinski definition) is 1. The van der Waals surface area contributed by atoms with Crippen LogP contribution in [0, 0.1) is 5.82 Å². The maximum absolute atomic E-state index is 12.9. The highest BCUT2D eigenvalue weighted by Crippen LogP contribution is 2.17. The second-order valence-electron chi connectivity index (χ2n) is 4.06. The Morgan fingerprint density at radius 1 is 1.29 bits per heavy atom. The molecule has 4 heteroatoms. The van der Waals surface area contributed by atoms with E-state index < -0.39 is 5.82 Å². The lowest BCUT2D eigenvalue weighted by Gasteiger charge is -2.02. The predicted octanol–water partition coefficient (Wildman–Crippen LogP) is 3.11. The summed E-state index contributed by atoms with van der Waals surface area (Å²) in [4.78, 5) is 11.6. The van der Waals surface area contributed by atoms with Crippen molar-refractivity contribution < 1.29 is 9.18 Å². The van der Waals surface area contributed by atoms with Crippen LogP contribution in [-0.2, 0) is 11.2 Å². The molecule has 0 fully saturated rings. The van der Waals surface area contributed by atoms with E-state index >= 15 is 0 Å². The molecule has 0 atom stereocenters. The fraction of sp³-hybridized carbons (Fsp3) is 0.462. The van der Waals surface area contributed by atoms with Gasteiger partial charge >= 0.3 is 0 Å². The van der Waals surface area contributed by atoms with E-state index in [-0.39, 0.29) is 10.8 Å². The van der Waals surface area contributed by atoms with Gasteiger partial charge in [0, 0.05) is 12.8 Å². The van der Waals surface area contributed by atoms with E-state index in [1.54, 1.807) is 6.07 Å². The molecule has 0 amide bonds. The fourth-order valence-corrected chi connectivity index (χ4v) is 1.81. The molecule has 0 aliphatic carbocycles. The minimum absolute atomic E-state index is 0.0680. The van der Waals surface area contributed by atoms with Crippen molar-refractivity contribution in [3.63, 3.8) is 0 Å². The lowest BCUT2D eigenvalue weighted by Crippen LogP contribution is -2.04. The first kappa shape index (κ1) is 14.1. The number of halogens is 2. The second kappa shape index (κ2) is 7.41. The molecule has 2 nitrogen and oxygen atoms in total. The average Bonchev–Trinajstić information content (AvgIpc) is 2.30. The summed E-state index contributed by atoms with van der Waals surface area (Å²) >= 11 is 5.64. The van der Waals surface area contributed by atoms with Gasteiger partial charge in [-0.05, 0) is 37.1 Å². The largest absolute Gasteiger partial charge is 0.330 e. The SMILES string of the molecule is NCCCCCC(=O)Cc1ccc(F)c(Cl)c1. The quantitative estimate of drug-likeness (QED) is 0.763. The maximum Gasteiger partial charge on any atom is 0.141 e. The second-order valence-corrected chi connectivity index (χ2v) is 4.47. The summed E-state index contributed by atoms with van der Waals surface area (Å²) in [6, 6.07) is 4.40. The molecule has 0 saturated carbocycles. The number of Topliss-reactive ketones (excluding diaryl/α,β-unsaturated/α-hetero) is 1. The van der Waals surface area contributed by atoms with Crippen molar-refractivity contribution in [2.75, 3.05) is 6.54 Å². The van der Waals surface area contributed by atoms with Gasteiger partial charge in [-0.15, -0.1) is 0 Å². The van der Waals surface area contributed by atoms with Crippen molar-refractivity contribution in [1.82, 2.24) is 0 Å². The fourth-order valence-electron chi connectivity index (χ4n) is 1.61. The average molecular weight is 258 g/mol. The first-order valence-electron chi connectivity index (χ1n) is 5.79. The van der Waals surface area contributed by atoms with E-state index in [9.17, 15) is 9.18 Å². The van der Waals surface area contributed by atoms with E-state index in [0.29, 0.717) is 19.4 Å². The van der Waals surface area contributed by atoms with Crippen LogP contribution in [0.25, 0.3) is 0 Å². The van der Waals surface area contributed by atoms with Crippen LogP contribution in [0.5, 0.6) is 0 Å². The number of benzene rings is 1. The highest BCUT2D eigenvalue weighted by molar-refractivity contribution is 6.30. The molecule has 0 aromatic heterocycles. The van der Waals surface area contributed by atoms with Crippen LogP contribution in [0.1, 0.15) is 31.2 Å². The van der Waals surface area contributed by atoms with Gasteiger partial charge < -0.3 is 5.73 Å². The monoisotopic (exact) mass is 257 g/mol. The van der Waals surface area contributed by atoms with Crippen molar-refractivity contribution >= 4 is 17.4 Å². The highest BCUT2D eigenvalue weighted by atomic mass is 35.5. The number of rotatable bonds is 7. The number of hydrogen-bond acceptors (Lipinski definition) is 2. The topological polar surface area (TPSA) is 43.1 Å². The molecule has 1 rings (SSSR count). The molecule has 1 aromatic carbocycles. The Labute approximate surface area is 106 Å². The van der Waals surface area contributed by atoms with Crippen LogP contribution >= 0.6 is 11.6 Å². The van der Waals surface area contributed by atoms with Gasteiger partial charge in [-0.25, -0.2) is 4.39 Å². The lowest BCUT2D eigenvalue weighted by atomic mass is 10.0. The zero-order valence-electron chi connectivity index (χ0n) is 9.72. The van der Waals surface area contributed by atoms with Crippen LogP contribution in [0.15, 0.2) is 18.2 Å². The molecule has 0 radical (unpaired) electrons. The minimum atomic E-state index is -0.453. The summed E-state index contributed by atoms with van der Waals surface area (Å²) in [6.45, 7) is 0.668. The molecule has 0 unspecified atom stereocenters. The Morgan fingerprint density at radius 2 is 2.06 bits per heavy atom. The molecule has 0 saturated heterocycles. The molecule has 0 aliphatic rings. The summed E-state index contributed by atoms with van der Waals surface area (Å²) in [5.41, 5.74) is 6.13. The summed E-state index contributed by atoms with van der Waals surface area (Å²) in [7, 11) is 0. The van der Waals surface area contributed by atoms with Crippen LogP contribution in [0.3, 0.4) is 0 Å². The van der Waals surface area contributed by atoms with Gasteiger partial charge in [0.05, 0.1) is 5.02 Å². The first-order valence-corrected chi connectivity index (χ1v) is 6.17. The Kier molecular flexibility index (Phi) is 6.16. The Bertz CT molecular complexity index is 382. The van der Waals surface area contributed by atoms with Gasteiger partial charge in [-0.2, -0.15) is 0 Å². The van der Waals surface area contributed by atoms with E-state index in [1.165, 1.54) is 12.1 Å². The van der Waals surface area contributed by atoms with Crippen molar-refractivity contribution in [2.45, 2.75) is 32.1 Å². The van der Waals surface area contributed by atoms with Crippen molar-refractivity contribution in [1.29, 1.82) is 0 Å². The number of carbonyl (C=O) groups is 1. The van der Waals surface area contributed by atoms with Gasteiger partial charge in [-0.3, -0.25) is 4.79 Å². The van der Waals surface area contributed by atoms with Gasteiger partial charge in [0.1, 0.15) is 11.6 Å². The highest BCUT2D eigenvalue weighted by Gasteiger charge is 2.06. The normalized spacial score (nSPS) is 10.5. The number of ketones is 1. The molecule has 0 heterocycles. The van der Waals surface area contributed by atoms with Crippen LogP contribution < -0.4 is 5.73 Å². The molecule has 1 aromatic rings. The summed E-state index contributed by atoms with van der Waals surface area (Å²) in [5, 5.41) is 0.0680. The number of unbranched alkanes of at least 4 members (excludes halogenated alkanes) is 2. The van der Waals surface area contributed by atoms with E-state index in [4.69, 9.17) is 17.3 Å². The molecule has 0 aliphatic heterocycles. The zero-order chi connectivity index (χ0) is 12.7. The van der Waals surface area contributed by atoms with Gasteiger partial charge in [0.15, 0.2) is 0 Å². The van der Waals surface area contributed by atoms with E-state index in [2.05, 4.69) is 0 Å². The summed E-state index contributed by atoms with van der Waals surface area (Å²) in [6.07, 6.45) is 3.67. The number of nitrogens with two attached hydrogens (primary N) is 1. The standard InChI is InChI=1S/C13H17ClFNO/c14-12-9-10(5-6-13(12)15)8-11(17)4-2-1-3-7-16/h5-6,9H,1-4,7-8,16H2. The molecule has 2 N–H and O–H groups in total. The Hall–Kier alpha value is -0.930. The van der Waals surface area contributed by atoms with Crippen molar-refractivity contribution in [3.05, 3.63) is 34.6 Å². The Morgan fingerprint density at radius 3 is 2.71 bits per heavy atom. The third kappa shape index (κ3) is 5.29. The van der Waals surface area contributed by atoms with Crippen molar-refractivity contribution in [3.8, 4) is 0 Å². The van der Waals surface area contributed by atoms with Gasteiger partial charge in [0.25, 0.3) is 0 Å². The molecule has 17 heavy (non-hydrogen) atoms. The number of carbonyl (C=O) groups excluding carboxylic acids is 1. The van der Waals surface area contributed by atoms with Crippen LogP contribution in [-0.4, -0.2) is 12.3 Å². The van der Waals surface area contributed by atoms with Crippen LogP contribution in [0.4, 0.5) is 4.39 Å². The predicted molar refractivity (Wildman–Crippen MR) is 67.6 cm³/mol. The van der Waals surface area contributed by atoms with E-state index in [0.717, 1.165) is 24.8 Å². The first-order chi connectivity index (χ1) is 8.13. The molecule has 0 spiro atoms. The zero-order valence-corrected chi connectivity index (χ0v) is 10.5. The molecular formula is C13H17ClFNO. The van der Waals surface area contributed by atoms with E-state index in [1.807, 2.05) is 0 Å². The van der Waals surface area contributed by atoms with Gasteiger partial charge in [-0.1, -0.05) is 24.1 Å². The molecule has 0 bridgehead atoms. The maximum atomic E-state index is 12.9. The van der Waals surface area contributed by atoms with Crippen LogP contribution in [0.2, 0.25) is 5.02 Å². The van der Waals surface area contributed by atoms with Gasteiger partial charge in [0.2, 0.25) is 0 Å². The van der Waals surface area contributed by atoms with Crippen molar-refractivity contribution in [2.24, 2.45) is 5.73 Å². The summed E-state index contributed by atoms with van der Waals surface area (Å²) in [5.74, 6) is -0.296. The third-order valence-corrected chi connectivity index (χ3v) is 2.83. The molecule has 94 valence electrons. The smallest absolute Gasteiger partial charge is 0.141 e. The molecular weight excluding hydrogens is 241 g/mol. The third-order valence-electron chi connectivity index (χ3n) is 2.55.